The minimum atomic E-state index is -7.11. The van der Waals surface area contributed by atoms with Crippen molar-refractivity contribution >= 4 is 12.2 Å². The number of nitrogens with one attached hydrogen (secondary N) is 2. The Labute approximate surface area is 218 Å². The van der Waals surface area contributed by atoms with E-state index in [2.05, 4.69) is 0 Å². The molecule has 4 atom stereocenters. The third-order valence-electron chi connectivity index (χ3n) is 6.77. The molecule has 1 aliphatic carbocycles. The molecule has 41 heavy (non-hydrogen) atoms. The number of hydrogen-bond donors (Lipinski definition) is 4. The Hall–Kier alpha value is -2.58. The fourth-order valence-electron chi connectivity index (χ4n) is 4.60. The van der Waals surface area contributed by atoms with Crippen LogP contribution in [0.2, 0.25) is 0 Å². The van der Waals surface area contributed by atoms with E-state index in [0.29, 0.717) is 0 Å². The first-order valence-electron chi connectivity index (χ1n) is 10.9. The molecule has 1 saturated carbocycles. The highest BCUT2D eigenvalue weighted by atomic mass is 19.4. The van der Waals surface area contributed by atoms with Crippen molar-refractivity contribution in [2.75, 3.05) is 0 Å². The lowest BCUT2D eigenvalue weighted by Crippen LogP contribution is -2.70. The van der Waals surface area contributed by atoms with E-state index in [1.54, 1.807) is 0 Å². The Balaban J connectivity index is 3.95. The number of carbonyl (C=O) groups is 2. The summed E-state index contributed by atoms with van der Waals surface area (Å²) in [6.45, 7) is 0.861. The summed E-state index contributed by atoms with van der Waals surface area (Å²) in [7, 11) is 0. The predicted octanol–water partition coefficient (Wildman–Crippen LogP) is 6.80. The van der Waals surface area contributed by atoms with Crippen LogP contribution in [-0.2, 0) is 0 Å². The second kappa shape index (κ2) is 11.3. The maximum absolute atomic E-state index is 14.7. The number of amides is 2. The average Bonchev–Trinajstić information content (AvgIpc) is 2.77. The van der Waals surface area contributed by atoms with Gasteiger partial charge in [-0.05, 0) is 18.8 Å². The fourth-order valence-corrected chi connectivity index (χ4v) is 4.60. The van der Waals surface area contributed by atoms with Crippen molar-refractivity contribution in [3.05, 3.63) is 0 Å². The van der Waals surface area contributed by atoms with Crippen LogP contribution in [0.3, 0.4) is 0 Å². The Morgan fingerprint density at radius 2 is 1.20 bits per heavy atom. The molecule has 1 aliphatic rings. The molecule has 0 aromatic rings. The molecule has 6 nitrogen and oxygen atoms in total. The van der Waals surface area contributed by atoms with E-state index < -0.39 is 110 Å². The largest absolute Gasteiger partial charge is 0.465 e. The summed E-state index contributed by atoms with van der Waals surface area (Å²) >= 11 is 0. The molecule has 2 amide bonds. The summed E-state index contributed by atoms with van der Waals surface area (Å²) in [5.74, 6) is -45.7. The summed E-state index contributed by atoms with van der Waals surface area (Å²) in [6.07, 6.45) is -24.6. The maximum Gasteiger partial charge on any atom is 0.405 e. The van der Waals surface area contributed by atoms with Crippen LogP contribution in [0.25, 0.3) is 0 Å². The van der Waals surface area contributed by atoms with Crippen molar-refractivity contribution in [2.45, 2.75) is 92.6 Å². The Bertz CT molecular complexity index is 963. The van der Waals surface area contributed by atoms with Gasteiger partial charge in [0.1, 0.15) is 0 Å². The molecule has 0 saturated heterocycles. The van der Waals surface area contributed by atoms with Gasteiger partial charge in [-0.25, -0.2) is 27.2 Å². The zero-order valence-electron chi connectivity index (χ0n) is 20.0. The SMILES string of the molecule is CC1CCC(CC(F)(F)C(F)(F)C(F)(F)C(F)F)(NC(=O)O)C(CC(F)(F)C(F)(F)C(F)(F)C(F)F)C1NC(=O)O. The van der Waals surface area contributed by atoms with E-state index in [4.69, 9.17) is 10.2 Å². The molecular formula is C19H20F16N2O4. The number of hydrogen-bond acceptors (Lipinski definition) is 2. The Morgan fingerprint density at radius 3 is 1.56 bits per heavy atom. The monoisotopic (exact) mass is 644 g/mol. The van der Waals surface area contributed by atoms with Gasteiger partial charge in [-0.1, -0.05) is 6.92 Å². The topological polar surface area (TPSA) is 98.7 Å². The van der Waals surface area contributed by atoms with E-state index in [-0.39, 0.29) is 0 Å². The summed E-state index contributed by atoms with van der Waals surface area (Å²) in [5.41, 5.74) is -3.84. The minimum absolute atomic E-state index is 0.857. The molecule has 22 heteroatoms. The number of halogens is 16. The van der Waals surface area contributed by atoms with Crippen LogP contribution in [0, 0.1) is 11.8 Å². The minimum Gasteiger partial charge on any atom is -0.465 e. The molecule has 1 fully saturated rings. The molecule has 4 N–H and O–H groups in total. The average molecular weight is 644 g/mol. The second-order valence-corrected chi connectivity index (χ2v) is 9.47. The van der Waals surface area contributed by atoms with E-state index >= 15 is 0 Å². The molecule has 4 unspecified atom stereocenters. The highest BCUT2D eigenvalue weighted by Gasteiger charge is 2.79. The first kappa shape index (κ1) is 36.4. The van der Waals surface area contributed by atoms with E-state index in [0.717, 1.165) is 12.2 Å². The molecule has 0 spiro atoms. The number of alkyl halides is 16. The van der Waals surface area contributed by atoms with Crippen molar-refractivity contribution < 1.29 is 90.0 Å². The van der Waals surface area contributed by atoms with Crippen LogP contribution in [0.15, 0.2) is 0 Å². The first-order chi connectivity index (χ1) is 18.0. The van der Waals surface area contributed by atoms with Gasteiger partial charge in [-0.15, -0.1) is 0 Å². The maximum atomic E-state index is 14.7. The van der Waals surface area contributed by atoms with E-state index in [9.17, 15) is 79.8 Å². The van der Waals surface area contributed by atoms with E-state index in [1.807, 2.05) is 0 Å². The molecule has 242 valence electrons. The van der Waals surface area contributed by atoms with E-state index in [1.165, 1.54) is 5.32 Å². The zero-order chi connectivity index (χ0) is 32.8. The van der Waals surface area contributed by atoms with Crippen molar-refractivity contribution in [3.63, 3.8) is 0 Å². The molecule has 0 radical (unpaired) electrons. The highest BCUT2D eigenvalue weighted by molar-refractivity contribution is 5.67. The van der Waals surface area contributed by atoms with Crippen LogP contribution >= 0.6 is 0 Å². The molecule has 0 aliphatic heterocycles. The Kier molecular flexibility index (Phi) is 10.0. The summed E-state index contributed by atoms with van der Waals surface area (Å²) in [6, 6.07) is -2.52. The standard InChI is InChI=1S/C19H20F16N2O4/c1-6-2-3-13(37-12(40)41,5-15(26,27)19(34,35)17(30,31)10(22)23)7(8(6)36-11(38)39)4-14(24,25)18(32,33)16(28,29)9(20)21/h6-10,36-37H,2-5H2,1H3,(H,38,39)(H,40,41). The van der Waals surface area contributed by atoms with Crippen LogP contribution in [0.4, 0.5) is 79.8 Å². The lowest BCUT2D eigenvalue weighted by atomic mass is 9.61. The molecular weight excluding hydrogens is 624 g/mol. The van der Waals surface area contributed by atoms with Crippen LogP contribution in [0.1, 0.15) is 32.6 Å². The fraction of sp³-hybridized carbons (Fsp3) is 0.895. The smallest absolute Gasteiger partial charge is 0.405 e. The van der Waals surface area contributed by atoms with Gasteiger partial charge in [0.05, 0.1) is 5.54 Å². The van der Waals surface area contributed by atoms with Gasteiger partial charge in [0.15, 0.2) is 0 Å². The molecule has 0 aromatic heterocycles. The normalized spacial score (nSPS) is 25.4. The predicted molar refractivity (Wildman–Crippen MR) is 102 cm³/mol. The molecule has 0 bridgehead atoms. The van der Waals surface area contributed by atoms with Gasteiger partial charge in [0, 0.05) is 24.8 Å². The van der Waals surface area contributed by atoms with Crippen LogP contribution < -0.4 is 10.6 Å². The summed E-state index contributed by atoms with van der Waals surface area (Å²) < 4.78 is 219. The third kappa shape index (κ3) is 6.43. The van der Waals surface area contributed by atoms with Gasteiger partial charge in [0.2, 0.25) is 0 Å². The van der Waals surface area contributed by atoms with Gasteiger partial charge in [-0.2, -0.15) is 52.7 Å². The van der Waals surface area contributed by atoms with Gasteiger partial charge >= 0.3 is 60.6 Å². The first-order valence-corrected chi connectivity index (χ1v) is 10.9. The lowest BCUT2D eigenvalue weighted by molar-refractivity contribution is -0.349. The lowest BCUT2D eigenvalue weighted by Gasteiger charge is -2.53. The van der Waals surface area contributed by atoms with Crippen molar-refractivity contribution in [1.82, 2.24) is 10.6 Å². The molecule has 1 rings (SSSR count). The molecule has 0 aromatic carbocycles. The zero-order valence-corrected chi connectivity index (χ0v) is 20.0. The van der Waals surface area contributed by atoms with Gasteiger partial charge in [0.25, 0.3) is 0 Å². The highest BCUT2D eigenvalue weighted by Crippen LogP contribution is 2.57. The number of rotatable bonds is 12. The summed E-state index contributed by atoms with van der Waals surface area (Å²) in [4.78, 5) is 22.6. The quantitative estimate of drug-likeness (QED) is 0.176. The molecule has 0 heterocycles. The van der Waals surface area contributed by atoms with Crippen molar-refractivity contribution in [1.29, 1.82) is 0 Å². The number of carboxylic acid groups (broad SMARTS) is 2. The van der Waals surface area contributed by atoms with Gasteiger partial charge < -0.3 is 20.8 Å². The summed E-state index contributed by atoms with van der Waals surface area (Å²) in [5, 5.41) is 20.3. The Morgan fingerprint density at radius 1 is 0.780 bits per heavy atom. The van der Waals surface area contributed by atoms with Crippen molar-refractivity contribution in [3.8, 4) is 0 Å². The second-order valence-electron chi connectivity index (χ2n) is 9.47. The van der Waals surface area contributed by atoms with Gasteiger partial charge in [-0.3, -0.25) is 0 Å². The third-order valence-corrected chi connectivity index (χ3v) is 6.77. The van der Waals surface area contributed by atoms with Crippen LogP contribution in [-0.4, -0.2) is 82.4 Å². The van der Waals surface area contributed by atoms with Crippen molar-refractivity contribution in [2.24, 2.45) is 11.8 Å². The van der Waals surface area contributed by atoms with Crippen LogP contribution in [0.5, 0.6) is 0 Å².